The zero-order chi connectivity index (χ0) is 21.7. The van der Waals surface area contributed by atoms with Gasteiger partial charge in [-0.1, -0.05) is 0 Å². The summed E-state index contributed by atoms with van der Waals surface area (Å²) in [7, 11) is -3.26. The number of aromatic nitrogens is 2. The summed E-state index contributed by atoms with van der Waals surface area (Å²) in [6, 6.07) is 7.97. The first kappa shape index (κ1) is 21.5. The topological polar surface area (TPSA) is 99.6 Å². The first-order chi connectivity index (χ1) is 15.0. The molecule has 0 saturated carbocycles. The normalized spacial score (nSPS) is 16.6. The van der Waals surface area contributed by atoms with Crippen molar-refractivity contribution in [2.75, 3.05) is 24.8 Å². The monoisotopic (exact) mass is 461 g/mol. The van der Waals surface area contributed by atoms with Crippen molar-refractivity contribution >= 4 is 32.1 Å². The van der Waals surface area contributed by atoms with Crippen molar-refractivity contribution in [1.82, 2.24) is 9.97 Å². The molecule has 4 rings (SSSR count). The fraction of sp³-hybridized carbons (Fsp3) is 0.333. The Kier molecular flexibility index (Phi) is 6.69. The van der Waals surface area contributed by atoms with E-state index in [9.17, 15) is 8.42 Å². The maximum Gasteiger partial charge on any atom is 0.188 e. The van der Waals surface area contributed by atoms with Crippen molar-refractivity contribution in [2.24, 2.45) is 0 Å². The number of sulfone groups is 1. The van der Waals surface area contributed by atoms with Gasteiger partial charge in [0.15, 0.2) is 26.5 Å². The highest BCUT2D eigenvalue weighted by molar-refractivity contribution is 7.90. The highest BCUT2D eigenvalue weighted by Gasteiger charge is 2.17. The van der Waals surface area contributed by atoms with E-state index < -0.39 is 9.84 Å². The molecule has 0 spiro atoms. The predicted octanol–water partition coefficient (Wildman–Crippen LogP) is 4.43. The molecule has 1 atom stereocenters. The van der Waals surface area contributed by atoms with Gasteiger partial charge in [0.25, 0.3) is 0 Å². The van der Waals surface area contributed by atoms with E-state index in [1.807, 2.05) is 5.38 Å². The summed E-state index contributed by atoms with van der Waals surface area (Å²) in [4.78, 5) is 8.90. The number of thiazole rings is 1. The van der Waals surface area contributed by atoms with E-state index in [-0.39, 0.29) is 11.0 Å². The SMILES string of the molecule is CS(=O)(=O)c1ccc(Oc2cnc(Nc3nccs3)c(OCC3CCCCO3)c2)cc1. The van der Waals surface area contributed by atoms with Crippen molar-refractivity contribution in [3.05, 3.63) is 48.1 Å². The van der Waals surface area contributed by atoms with Crippen LogP contribution in [0.3, 0.4) is 0 Å². The van der Waals surface area contributed by atoms with Crippen LogP contribution in [0.25, 0.3) is 0 Å². The van der Waals surface area contributed by atoms with Crippen LogP contribution in [0.4, 0.5) is 10.9 Å². The minimum atomic E-state index is -3.26. The molecule has 8 nitrogen and oxygen atoms in total. The molecule has 0 amide bonds. The molecule has 164 valence electrons. The lowest BCUT2D eigenvalue weighted by Gasteiger charge is -2.23. The summed E-state index contributed by atoms with van der Waals surface area (Å²) < 4.78 is 40.9. The maximum atomic E-state index is 11.6. The van der Waals surface area contributed by atoms with Gasteiger partial charge in [-0.25, -0.2) is 18.4 Å². The van der Waals surface area contributed by atoms with E-state index >= 15 is 0 Å². The molecule has 3 aromatic rings. The second-order valence-corrected chi connectivity index (χ2v) is 10.0. The third-order valence-electron chi connectivity index (χ3n) is 4.67. The summed E-state index contributed by atoms with van der Waals surface area (Å²) >= 11 is 1.46. The zero-order valence-electron chi connectivity index (χ0n) is 17.0. The Hall–Kier alpha value is -2.69. The van der Waals surface area contributed by atoms with Gasteiger partial charge in [-0.15, -0.1) is 11.3 Å². The van der Waals surface area contributed by atoms with Crippen molar-refractivity contribution in [3.63, 3.8) is 0 Å². The minimum Gasteiger partial charge on any atom is -0.487 e. The standard InChI is InChI=1S/C21H23N3O5S2/c1-31(25,26)18-7-5-15(6-8-18)29-17-12-19(28-14-16-4-2-3-10-27-16)20(23-13-17)24-21-22-9-11-30-21/h5-9,11-13,16H,2-4,10,14H2,1H3,(H,22,23,24). The number of hydrogen-bond donors (Lipinski definition) is 1. The number of rotatable bonds is 8. The Morgan fingerprint density at radius 2 is 2.03 bits per heavy atom. The van der Waals surface area contributed by atoms with Crippen LogP contribution in [-0.4, -0.2) is 44.0 Å². The van der Waals surface area contributed by atoms with Crippen LogP contribution in [0.2, 0.25) is 0 Å². The van der Waals surface area contributed by atoms with Crippen LogP contribution in [0.1, 0.15) is 19.3 Å². The molecule has 1 aliphatic heterocycles. The molecule has 1 fully saturated rings. The molecular formula is C21H23N3O5S2. The van der Waals surface area contributed by atoms with Gasteiger partial charge < -0.3 is 19.5 Å². The quantitative estimate of drug-likeness (QED) is 0.526. The second kappa shape index (κ2) is 9.63. The Morgan fingerprint density at radius 1 is 1.19 bits per heavy atom. The van der Waals surface area contributed by atoms with Crippen molar-refractivity contribution in [2.45, 2.75) is 30.3 Å². The lowest BCUT2D eigenvalue weighted by atomic mass is 10.1. The summed E-state index contributed by atoms with van der Waals surface area (Å²) in [5.41, 5.74) is 0. The molecular weight excluding hydrogens is 438 g/mol. The maximum absolute atomic E-state index is 11.6. The van der Waals surface area contributed by atoms with Gasteiger partial charge in [-0.2, -0.15) is 0 Å². The van der Waals surface area contributed by atoms with Crippen LogP contribution in [-0.2, 0) is 14.6 Å². The fourth-order valence-corrected chi connectivity index (χ4v) is 4.24. The Labute approximate surface area is 185 Å². The van der Waals surface area contributed by atoms with Crippen LogP contribution in [0, 0.1) is 0 Å². The van der Waals surface area contributed by atoms with Crippen molar-refractivity contribution in [3.8, 4) is 17.2 Å². The molecule has 10 heteroatoms. The fourth-order valence-electron chi connectivity index (χ4n) is 3.09. The Bertz CT molecular complexity index is 1100. The summed E-state index contributed by atoms with van der Waals surface area (Å²) in [5, 5.41) is 5.74. The predicted molar refractivity (Wildman–Crippen MR) is 118 cm³/mol. The minimum absolute atomic E-state index is 0.0505. The van der Waals surface area contributed by atoms with E-state index in [0.717, 1.165) is 25.9 Å². The van der Waals surface area contributed by atoms with Crippen LogP contribution in [0.5, 0.6) is 17.2 Å². The van der Waals surface area contributed by atoms with Gasteiger partial charge in [0, 0.05) is 30.5 Å². The highest BCUT2D eigenvalue weighted by atomic mass is 32.2. The van der Waals surface area contributed by atoms with Gasteiger partial charge in [0.2, 0.25) is 0 Å². The number of pyridine rings is 1. The molecule has 2 aromatic heterocycles. The van der Waals surface area contributed by atoms with Crippen molar-refractivity contribution < 1.29 is 22.6 Å². The molecule has 1 aromatic carbocycles. The molecule has 0 radical (unpaired) electrons. The lowest BCUT2D eigenvalue weighted by Crippen LogP contribution is -2.26. The van der Waals surface area contributed by atoms with Gasteiger partial charge in [0.1, 0.15) is 18.1 Å². The molecule has 1 N–H and O–H groups in total. The second-order valence-electron chi connectivity index (χ2n) is 7.13. The smallest absolute Gasteiger partial charge is 0.188 e. The van der Waals surface area contributed by atoms with E-state index in [4.69, 9.17) is 14.2 Å². The first-order valence-electron chi connectivity index (χ1n) is 9.86. The number of ether oxygens (including phenoxy) is 3. The summed E-state index contributed by atoms with van der Waals surface area (Å²) in [6.45, 7) is 1.17. The third-order valence-corrected chi connectivity index (χ3v) is 6.49. The van der Waals surface area contributed by atoms with Gasteiger partial charge in [-0.05, 0) is 43.5 Å². The van der Waals surface area contributed by atoms with Gasteiger partial charge >= 0.3 is 0 Å². The Morgan fingerprint density at radius 3 is 2.71 bits per heavy atom. The molecule has 1 unspecified atom stereocenters. The molecule has 0 bridgehead atoms. The highest BCUT2D eigenvalue weighted by Crippen LogP contribution is 2.32. The average Bonchev–Trinajstić information content (AvgIpc) is 3.27. The molecule has 3 heterocycles. The Balaban J connectivity index is 1.52. The van der Waals surface area contributed by atoms with E-state index in [1.165, 1.54) is 29.7 Å². The van der Waals surface area contributed by atoms with Crippen LogP contribution < -0.4 is 14.8 Å². The molecule has 1 aliphatic rings. The van der Waals surface area contributed by atoms with Gasteiger partial charge in [0.05, 0.1) is 17.2 Å². The first-order valence-corrected chi connectivity index (χ1v) is 12.6. The number of nitrogens with zero attached hydrogens (tertiary/aromatic N) is 2. The average molecular weight is 462 g/mol. The molecule has 0 aliphatic carbocycles. The van der Waals surface area contributed by atoms with E-state index in [2.05, 4.69) is 15.3 Å². The van der Waals surface area contributed by atoms with E-state index in [1.54, 1.807) is 30.6 Å². The number of nitrogens with one attached hydrogen (secondary N) is 1. The van der Waals surface area contributed by atoms with Crippen LogP contribution in [0.15, 0.2) is 53.0 Å². The summed E-state index contributed by atoms with van der Waals surface area (Å²) in [6.07, 6.45) is 7.67. The van der Waals surface area contributed by atoms with Crippen molar-refractivity contribution in [1.29, 1.82) is 0 Å². The number of anilines is 2. The molecule has 1 saturated heterocycles. The number of hydrogen-bond acceptors (Lipinski definition) is 9. The molecule has 31 heavy (non-hydrogen) atoms. The summed E-state index contributed by atoms with van der Waals surface area (Å²) in [5.74, 6) is 2.02. The van der Waals surface area contributed by atoms with Crippen LogP contribution >= 0.6 is 11.3 Å². The van der Waals surface area contributed by atoms with E-state index in [0.29, 0.717) is 34.8 Å². The zero-order valence-corrected chi connectivity index (χ0v) is 18.6. The van der Waals surface area contributed by atoms with Gasteiger partial charge in [-0.3, -0.25) is 0 Å². The largest absolute Gasteiger partial charge is 0.487 e. The number of benzene rings is 1. The lowest BCUT2D eigenvalue weighted by molar-refractivity contribution is -0.0110. The third kappa shape index (κ3) is 5.93.